The minimum absolute atomic E-state index is 0.165. The fraction of sp³-hybridized carbons (Fsp3) is 0.0833. The van der Waals surface area contributed by atoms with Crippen molar-refractivity contribution < 1.29 is 14.3 Å². The Morgan fingerprint density at radius 1 is 0.714 bits per heavy atom. The van der Waals surface area contributed by atoms with Gasteiger partial charge >= 0.3 is 0 Å². The zero-order chi connectivity index (χ0) is 19.1. The molecule has 0 amide bonds. The fourth-order valence-corrected chi connectivity index (χ4v) is 4.68. The van der Waals surface area contributed by atoms with Crippen LogP contribution in [0.25, 0.3) is 11.1 Å². The zero-order valence-electron chi connectivity index (χ0n) is 14.9. The molecule has 3 nitrogen and oxygen atoms in total. The van der Waals surface area contributed by atoms with Gasteiger partial charge in [-0.05, 0) is 16.7 Å². The highest BCUT2D eigenvalue weighted by atomic mass is 32.2. The predicted octanol–water partition coefficient (Wildman–Crippen LogP) is 5.45. The lowest BCUT2D eigenvalue weighted by atomic mass is 10.0. The molecule has 0 bridgehead atoms. The lowest BCUT2D eigenvalue weighted by Crippen LogP contribution is -2.05. The van der Waals surface area contributed by atoms with Crippen molar-refractivity contribution >= 4 is 23.3 Å². The van der Waals surface area contributed by atoms with Gasteiger partial charge in [0.25, 0.3) is 0 Å². The summed E-state index contributed by atoms with van der Waals surface area (Å²) >= 11 is 1.44. The number of ketones is 2. The van der Waals surface area contributed by atoms with E-state index >= 15 is 0 Å². The average molecular weight is 384 g/mol. The van der Waals surface area contributed by atoms with E-state index in [0.29, 0.717) is 22.0 Å². The Labute approximate surface area is 167 Å². The molecule has 1 heterocycles. The first kappa shape index (κ1) is 17.0. The number of hydrogen-bond acceptors (Lipinski definition) is 4. The van der Waals surface area contributed by atoms with Crippen LogP contribution in [-0.2, 0) is 4.74 Å². The SMILES string of the molecule is O=C1C(=C2OC(c3ccc(-c4ccccc4)cc3)CS2)C(=O)c2ccccc21. The molecule has 1 fully saturated rings. The maximum Gasteiger partial charge on any atom is 0.202 e. The molecule has 1 unspecified atom stereocenters. The summed E-state index contributed by atoms with van der Waals surface area (Å²) in [6, 6.07) is 25.4. The summed E-state index contributed by atoms with van der Waals surface area (Å²) in [4.78, 5) is 25.3. The highest BCUT2D eigenvalue weighted by molar-refractivity contribution is 8.03. The predicted molar refractivity (Wildman–Crippen MR) is 110 cm³/mol. The van der Waals surface area contributed by atoms with Gasteiger partial charge in [-0.2, -0.15) is 0 Å². The van der Waals surface area contributed by atoms with E-state index in [4.69, 9.17) is 4.74 Å². The largest absolute Gasteiger partial charge is 0.478 e. The summed E-state index contributed by atoms with van der Waals surface area (Å²) in [7, 11) is 0. The van der Waals surface area contributed by atoms with Crippen molar-refractivity contribution in [2.45, 2.75) is 6.10 Å². The molecular formula is C24H16O3S. The number of benzene rings is 3. The monoisotopic (exact) mass is 384 g/mol. The van der Waals surface area contributed by atoms with E-state index in [1.54, 1.807) is 24.3 Å². The van der Waals surface area contributed by atoms with E-state index in [-0.39, 0.29) is 23.2 Å². The van der Waals surface area contributed by atoms with Gasteiger partial charge in [-0.25, -0.2) is 0 Å². The average Bonchev–Trinajstić information content (AvgIpc) is 3.33. The van der Waals surface area contributed by atoms with E-state index in [2.05, 4.69) is 24.3 Å². The van der Waals surface area contributed by atoms with Gasteiger partial charge in [-0.1, -0.05) is 90.6 Å². The molecule has 0 N–H and O–H groups in total. The van der Waals surface area contributed by atoms with Crippen molar-refractivity contribution in [2.75, 3.05) is 5.75 Å². The van der Waals surface area contributed by atoms with Crippen LogP contribution in [-0.4, -0.2) is 17.3 Å². The Morgan fingerprint density at radius 3 is 1.93 bits per heavy atom. The second-order valence-electron chi connectivity index (χ2n) is 6.77. The van der Waals surface area contributed by atoms with E-state index in [1.807, 2.05) is 30.3 Å². The molecule has 4 heteroatoms. The summed E-state index contributed by atoms with van der Waals surface area (Å²) in [6.07, 6.45) is -0.165. The molecule has 1 saturated heterocycles. The van der Waals surface area contributed by atoms with Gasteiger partial charge in [0.2, 0.25) is 11.6 Å². The second kappa shape index (κ2) is 6.80. The van der Waals surface area contributed by atoms with Crippen LogP contribution in [0.4, 0.5) is 0 Å². The smallest absolute Gasteiger partial charge is 0.202 e. The van der Waals surface area contributed by atoms with Crippen LogP contribution in [0.15, 0.2) is 89.5 Å². The lowest BCUT2D eigenvalue weighted by Gasteiger charge is -2.11. The van der Waals surface area contributed by atoms with Gasteiger partial charge in [-0.3, -0.25) is 9.59 Å². The molecule has 5 rings (SSSR count). The Morgan fingerprint density at radius 2 is 1.29 bits per heavy atom. The molecule has 0 radical (unpaired) electrons. The molecule has 2 aliphatic rings. The molecule has 3 aromatic rings. The van der Waals surface area contributed by atoms with Gasteiger partial charge in [0, 0.05) is 16.9 Å². The Balaban J connectivity index is 1.40. The number of fused-ring (bicyclic) bond motifs is 1. The van der Waals surface area contributed by atoms with Gasteiger partial charge in [0.15, 0.2) is 5.09 Å². The van der Waals surface area contributed by atoms with Crippen molar-refractivity contribution in [3.8, 4) is 11.1 Å². The van der Waals surface area contributed by atoms with Crippen LogP contribution in [0.2, 0.25) is 0 Å². The third-order valence-corrected chi connectivity index (χ3v) is 6.11. The van der Waals surface area contributed by atoms with Crippen molar-refractivity contribution in [1.29, 1.82) is 0 Å². The number of carbonyl (C=O) groups is 2. The number of rotatable bonds is 2. The number of hydrogen-bond donors (Lipinski definition) is 0. The number of carbonyl (C=O) groups excluding carboxylic acids is 2. The maximum atomic E-state index is 12.7. The summed E-state index contributed by atoms with van der Waals surface area (Å²) < 4.78 is 6.05. The number of allylic oxidation sites excluding steroid dienone is 1. The molecule has 0 spiro atoms. The summed E-state index contributed by atoms with van der Waals surface area (Å²) in [5, 5.41) is 0.448. The Bertz CT molecular complexity index is 1080. The molecule has 0 aromatic heterocycles. The van der Waals surface area contributed by atoms with Gasteiger partial charge in [0.1, 0.15) is 11.7 Å². The molecule has 3 aromatic carbocycles. The van der Waals surface area contributed by atoms with Crippen molar-refractivity contribution in [2.24, 2.45) is 0 Å². The molecule has 1 atom stereocenters. The first-order valence-electron chi connectivity index (χ1n) is 9.10. The van der Waals surface area contributed by atoms with Crippen LogP contribution in [0.3, 0.4) is 0 Å². The van der Waals surface area contributed by atoms with Crippen LogP contribution < -0.4 is 0 Å². The zero-order valence-corrected chi connectivity index (χ0v) is 15.7. The van der Waals surface area contributed by atoms with E-state index in [0.717, 1.165) is 11.1 Å². The molecule has 1 aliphatic heterocycles. The van der Waals surface area contributed by atoms with Gasteiger partial charge in [0.05, 0.1) is 0 Å². The number of Topliss-reactive ketones (excluding diaryl/α,β-unsaturated/α-hetero) is 2. The van der Waals surface area contributed by atoms with Gasteiger partial charge in [-0.15, -0.1) is 0 Å². The second-order valence-corrected chi connectivity index (χ2v) is 7.76. The molecule has 1 aliphatic carbocycles. The molecule has 0 saturated carbocycles. The normalized spacial score (nSPS) is 18.4. The van der Waals surface area contributed by atoms with Crippen LogP contribution in [0.1, 0.15) is 32.4 Å². The minimum Gasteiger partial charge on any atom is -0.478 e. The maximum absolute atomic E-state index is 12.7. The number of ether oxygens (including phenoxy) is 1. The minimum atomic E-state index is -0.233. The third-order valence-electron chi connectivity index (χ3n) is 5.08. The summed E-state index contributed by atoms with van der Waals surface area (Å²) in [5.41, 5.74) is 4.46. The summed E-state index contributed by atoms with van der Waals surface area (Å²) in [6.45, 7) is 0. The fourth-order valence-electron chi connectivity index (χ4n) is 3.60. The first-order chi connectivity index (χ1) is 13.7. The van der Waals surface area contributed by atoms with E-state index in [1.165, 1.54) is 17.3 Å². The lowest BCUT2D eigenvalue weighted by molar-refractivity contribution is 0.0970. The standard InChI is InChI=1S/C24H16O3S/c25-22-18-8-4-5-9-19(18)23(26)21(22)24-27-20(14-28-24)17-12-10-16(11-13-17)15-6-2-1-3-7-15/h1-13,20H,14H2. The van der Waals surface area contributed by atoms with Crippen LogP contribution in [0, 0.1) is 0 Å². The van der Waals surface area contributed by atoms with Crippen molar-refractivity contribution in [1.82, 2.24) is 0 Å². The van der Waals surface area contributed by atoms with E-state index < -0.39 is 0 Å². The first-order valence-corrected chi connectivity index (χ1v) is 10.1. The molecule has 28 heavy (non-hydrogen) atoms. The molecule has 136 valence electrons. The van der Waals surface area contributed by atoms with E-state index in [9.17, 15) is 9.59 Å². The third kappa shape index (κ3) is 2.77. The van der Waals surface area contributed by atoms with Crippen LogP contribution in [0.5, 0.6) is 0 Å². The van der Waals surface area contributed by atoms with Crippen molar-refractivity contribution in [3.63, 3.8) is 0 Å². The Hall–Kier alpha value is -3.11. The highest BCUT2D eigenvalue weighted by Gasteiger charge is 2.39. The topological polar surface area (TPSA) is 43.4 Å². The molecular weight excluding hydrogens is 368 g/mol. The Kier molecular flexibility index (Phi) is 4.14. The summed E-state index contributed by atoms with van der Waals surface area (Å²) in [5.74, 6) is 0.215. The van der Waals surface area contributed by atoms with Crippen LogP contribution >= 0.6 is 11.8 Å². The van der Waals surface area contributed by atoms with Gasteiger partial charge < -0.3 is 4.74 Å². The van der Waals surface area contributed by atoms with Crippen molar-refractivity contribution in [3.05, 3.63) is 106 Å². The quantitative estimate of drug-likeness (QED) is 0.435. The number of thioether (sulfide) groups is 1. The highest BCUT2D eigenvalue weighted by Crippen LogP contribution is 2.43.